The SMILES string of the molecule is NS(=O)(=O)c1ccc(CNC(=O)C2CCCOC2)cc1. The average Bonchev–Trinajstić information content (AvgIpc) is 2.45. The van der Waals surface area contributed by atoms with Crippen LogP contribution in [0.3, 0.4) is 0 Å². The Morgan fingerprint density at radius 1 is 1.35 bits per heavy atom. The zero-order chi connectivity index (χ0) is 14.6. The molecule has 1 saturated heterocycles. The van der Waals surface area contributed by atoms with Crippen molar-refractivity contribution >= 4 is 15.9 Å². The lowest BCUT2D eigenvalue weighted by Crippen LogP contribution is -2.35. The molecule has 6 nitrogen and oxygen atoms in total. The number of amides is 1. The molecule has 1 aliphatic heterocycles. The molecule has 0 saturated carbocycles. The predicted molar refractivity (Wildman–Crippen MR) is 73.2 cm³/mol. The van der Waals surface area contributed by atoms with Gasteiger partial charge in [0.2, 0.25) is 15.9 Å². The van der Waals surface area contributed by atoms with Crippen LogP contribution in [-0.2, 0) is 26.1 Å². The van der Waals surface area contributed by atoms with Crippen molar-refractivity contribution in [1.82, 2.24) is 5.32 Å². The highest BCUT2D eigenvalue weighted by atomic mass is 32.2. The van der Waals surface area contributed by atoms with E-state index in [0.29, 0.717) is 13.2 Å². The molecular formula is C13H18N2O4S. The van der Waals surface area contributed by atoms with Gasteiger partial charge >= 0.3 is 0 Å². The van der Waals surface area contributed by atoms with Crippen LogP contribution in [-0.4, -0.2) is 27.5 Å². The fraction of sp³-hybridized carbons (Fsp3) is 0.462. The Hall–Kier alpha value is -1.44. The second-order valence-corrected chi connectivity index (χ2v) is 6.38. The van der Waals surface area contributed by atoms with Gasteiger partial charge in [0.25, 0.3) is 0 Å². The summed E-state index contributed by atoms with van der Waals surface area (Å²) in [5, 5.41) is 7.84. The fourth-order valence-corrected chi connectivity index (χ4v) is 2.59. The molecule has 0 bridgehead atoms. The van der Waals surface area contributed by atoms with Crippen molar-refractivity contribution in [3.63, 3.8) is 0 Å². The van der Waals surface area contributed by atoms with Crippen molar-refractivity contribution in [2.45, 2.75) is 24.3 Å². The van der Waals surface area contributed by atoms with E-state index in [0.717, 1.165) is 25.0 Å². The number of rotatable bonds is 4. The van der Waals surface area contributed by atoms with Crippen LogP contribution >= 0.6 is 0 Å². The summed E-state index contributed by atoms with van der Waals surface area (Å²) < 4.78 is 27.5. The van der Waals surface area contributed by atoms with Crippen LogP contribution < -0.4 is 10.5 Å². The van der Waals surface area contributed by atoms with Crippen LogP contribution in [0.1, 0.15) is 18.4 Å². The number of hydrogen-bond acceptors (Lipinski definition) is 4. The number of sulfonamides is 1. The molecule has 0 aromatic heterocycles. The van der Waals surface area contributed by atoms with E-state index in [4.69, 9.17) is 9.88 Å². The molecule has 1 fully saturated rings. The number of carbonyl (C=O) groups excluding carboxylic acids is 1. The maximum atomic E-state index is 11.9. The molecule has 1 aliphatic rings. The highest BCUT2D eigenvalue weighted by Gasteiger charge is 2.21. The number of nitrogens with two attached hydrogens (primary N) is 1. The van der Waals surface area contributed by atoms with Gasteiger partial charge in [0.05, 0.1) is 17.4 Å². The highest BCUT2D eigenvalue weighted by molar-refractivity contribution is 7.89. The van der Waals surface area contributed by atoms with Gasteiger partial charge in [-0.2, -0.15) is 0 Å². The predicted octanol–water partition coefficient (Wildman–Crippen LogP) is 0.377. The summed E-state index contributed by atoms with van der Waals surface area (Å²) in [6, 6.07) is 6.13. The van der Waals surface area contributed by atoms with Gasteiger partial charge in [-0.05, 0) is 30.5 Å². The van der Waals surface area contributed by atoms with E-state index >= 15 is 0 Å². The zero-order valence-electron chi connectivity index (χ0n) is 11.0. The van der Waals surface area contributed by atoms with E-state index in [-0.39, 0.29) is 16.7 Å². The van der Waals surface area contributed by atoms with Gasteiger partial charge in [0.15, 0.2) is 0 Å². The summed E-state index contributed by atoms with van der Waals surface area (Å²) >= 11 is 0. The van der Waals surface area contributed by atoms with E-state index in [9.17, 15) is 13.2 Å². The Labute approximate surface area is 118 Å². The molecule has 1 unspecified atom stereocenters. The summed E-state index contributed by atoms with van der Waals surface area (Å²) in [6.45, 7) is 1.55. The largest absolute Gasteiger partial charge is 0.381 e. The summed E-state index contributed by atoms with van der Waals surface area (Å²) in [5.74, 6) is -0.118. The van der Waals surface area contributed by atoms with E-state index in [1.807, 2.05) is 0 Å². The lowest BCUT2D eigenvalue weighted by atomic mass is 10.0. The van der Waals surface area contributed by atoms with Gasteiger partial charge in [0.1, 0.15) is 0 Å². The van der Waals surface area contributed by atoms with Crippen molar-refractivity contribution < 1.29 is 17.9 Å². The first-order valence-electron chi connectivity index (χ1n) is 6.44. The number of ether oxygens (including phenoxy) is 1. The lowest BCUT2D eigenvalue weighted by Gasteiger charge is -2.21. The second-order valence-electron chi connectivity index (χ2n) is 4.82. The molecule has 20 heavy (non-hydrogen) atoms. The highest BCUT2D eigenvalue weighted by Crippen LogP contribution is 2.14. The molecule has 1 aromatic carbocycles. The zero-order valence-corrected chi connectivity index (χ0v) is 11.9. The first-order valence-corrected chi connectivity index (χ1v) is 7.98. The van der Waals surface area contributed by atoms with E-state index in [1.54, 1.807) is 12.1 Å². The van der Waals surface area contributed by atoms with Gasteiger partial charge in [-0.15, -0.1) is 0 Å². The first kappa shape index (κ1) is 15.0. The molecule has 110 valence electrons. The van der Waals surface area contributed by atoms with Gasteiger partial charge in [-0.1, -0.05) is 12.1 Å². The Balaban J connectivity index is 1.89. The quantitative estimate of drug-likeness (QED) is 0.839. The van der Waals surface area contributed by atoms with Crippen molar-refractivity contribution in [2.24, 2.45) is 11.1 Å². The minimum absolute atomic E-state index is 0.0276. The number of primary sulfonamides is 1. The van der Waals surface area contributed by atoms with Crippen LogP contribution in [0.2, 0.25) is 0 Å². The smallest absolute Gasteiger partial charge is 0.238 e. The Kier molecular flexibility index (Phi) is 4.74. The average molecular weight is 298 g/mol. The third kappa shape index (κ3) is 4.03. The minimum Gasteiger partial charge on any atom is -0.381 e. The van der Waals surface area contributed by atoms with Crippen molar-refractivity contribution in [3.05, 3.63) is 29.8 Å². The standard InChI is InChI=1S/C13H18N2O4S/c14-20(17,18)12-5-3-10(4-6-12)8-15-13(16)11-2-1-7-19-9-11/h3-6,11H,1-2,7-9H2,(H,15,16)(H2,14,17,18). The molecule has 7 heteroatoms. The fourth-order valence-electron chi connectivity index (χ4n) is 2.08. The van der Waals surface area contributed by atoms with Crippen LogP contribution in [0.4, 0.5) is 0 Å². The second kappa shape index (κ2) is 6.34. The molecule has 0 radical (unpaired) electrons. The topological polar surface area (TPSA) is 98.5 Å². The Bertz CT molecular complexity index is 563. The van der Waals surface area contributed by atoms with Gasteiger partial charge in [-0.3, -0.25) is 4.79 Å². The summed E-state index contributed by atoms with van der Waals surface area (Å²) in [6.07, 6.45) is 1.75. The van der Waals surface area contributed by atoms with Crippen LogP contribution in [0.15, 0.2) is 29.2 Å². The molecular weight excluding hydrogens is 280 g/mol. The minimum atomic E-state index is -3.67. The Morgan fingerprint density at radius 3 is 2.60 bits per heavy atom. The maximum Gasteiger partial charge on any atom is 0.238 e. The molecule has 0 aliphatic carbocycles. The van der Waals surface area contributed by atoms with E-state index in [2.05, 4.69) is 5.32 Å². The van der Waals surface area contributed by atoms with E-state index < -0.39 is 10.0 Å². The van der Waals surface area contributed by atoms with Gasteiger partial charge in [0, 0.05) is 13.2 Å². The molecule has 3 N–H and O–H groups in total. The molecule has 0 spiro atoms. The van der Waals surface area contributed by atoms with Gasteiger partial charge in [-0.25, -0.2) is 13.6 Å². The van der Waals surface area contributed by atoms with Crippen LogP contribution in [0.5, 0.6) is 0 Å². The van der Waals surface area contributed by atoms with E-state index in [1.165, 1.54) is 12.1 Å². The first-order chi connectivity index (χ1) is 9.47. The van der Waals surface area contributed by atoms with Crippen molar-refractivity contribution in [2.75, 3.05) is 13.2 Å². The van der Waals surface area contributed by atoms with Crippen molar-refractivity contribution in [1.29, 1.82) is 0 Å². The van der Waals surface area contributed by atoms with Crippen LogP contribution in [0, 0.1) is 5.92 Å². The maximum absolute atomic E-state index is 11.9. The summed E-state index contributed by atoms with van der Waals surface area (Å²) in [5.41, 5.74) is 0.822. The third-order valence-electron chi connectivity index (χ3n) is 3.25. The monoisotopic (exact) mass is 298 g/mol. The lowest BCUT2D eigenvalue weighted by molar-refractivity contribution is -0.129. The van der Waals surface area contributed by atoms with Crippen molar-refractivity contribution in [3.8, 4) is 0 Å². The molecule has 2 rings (SSSR count). The summed E-state index contributed by atoms with van der Waals surface area (Å²) in [4.78, 5) is 12.0. The molecule has 1 atom stereocenters. The number of nitrogens with one attached hydrogen (secondary N) is 1. The molecule has 1 heterocycles. The summed E-state index contributed by atoms with van der Waals surface area (Å²) in [7, 11) is -3.67. The van der Waals surface area contributed by atoms with Crippen LogP contribution in [0.25, 0.3) is 0 Å². The third-order valence-corrected chi connectivity index (χ3v) is 4.18. The molecule has 1 aromatic rings. The normalized spacial score (nSPS) is 19.6. The van der Waals surface area contributed by atoms with Gasteiger partial charge < -0.3 is 10.1 Å². The number of hydrogen-bond donors (Lipinski definition) is 2. The number of carbonyl (C=O) groups is 1. The number of benzene rings is 1. The Morgan fingerprint density at radius 2 is 2.05 bits per heavy atom. The molecule has 1 amide bonds.